The molecule has 3 nitrogen and oxygen atoms in total. The summed E-state index contributed by atoms with van der Waals surface area (Å²) in [5, 5.41) is 0. The van der Waals surface area contributed by atoms with Crippen LogP contribution in [0.25, 0.3) is 0 Å². The molecule has 0 bridgehead atoms. The minimum absolute atomic E-state index is 0.134. The molecule has 3 heteroatoms. The van der Waals surface area contributed by atoms with E-state index in [4.69, 9.17) is 14.2 Å². The zero-order chi connectivity index (χ0) is 8.69. The van der Waals surface area contributed by atoms with Crippen molar-refractivity contribution >= 4 is 0 Å². The van der Waals surface area contributed by atoms with Crippen molar-refractivity contribution in [3.05, 3.63) is 0 Å². The smallest absolute Gasteiger partial charge is 0.0806 e. The summed E-state index contributed by atoms with van der Waals surface area (Å²) in [6, 6.07) is 0. The fraction of sp³-hybridized carbons (Fsp3) is 1.00. The first kappa shape index (κ1) is 10.9. The summed E-state index contributed by atoms with van der Waals surface area (Å²) in [7, 11) is 3.34. The Bertz CT molecular complexity index is 85.4. The molecule has 0 heterocycles. The highest BCUT2D eigenvalue weighted by Crippen LogP contribution is 2.00. The van der Waals surface area contributed by atoms with Crippen LogP contribution in [0.5, 0.6) is 0 Å². The van der Waals surface area contributed by atoms with Gasteiger partial charge < -0.3 is 14.2 Å². The molecule has 0 amide bonds. The molecule has 0 aromatic rings. The quantitative estimate of drug-likeness (QED) is 0.547. The van der Waals surface area contributed by atoms with Crippen molar-refractivity contribution in [2.24, 2.45) is 0 Å². The van der Waals surface area contributed by atoms with Crippen molar-refractivity contribution in [2.45, 2.75) is 26.1 Å². The van der Waals surface area contributed by atoms with E-state index in [2.05, 4.69) is 0 Å². The largest absolute Gasteiger partial charge is 0.382 e. The third-order valence-electron chi connectivity index (χ3n) is 1.70. The van der Waals surface area contributed by atoms with Crippen LogP contribution in [0.1, 0.15) is 13.8 Å². The van der Waals surface area contributed by atoms with Crippen LogP contribution in [-0.4, -0.2) is 39.6 Å². The van der Waals surface area contributed by atoms with Crippen LogP contribution in [-0.2, 0) is 14.2 Å². The van der Waals surface area contributed by atoms with Gasteiger partial charge >= 0.3 is 0 Å². The van der Waals surface area contributed by atoms with Crippen molar-refractivity contribution in [1.29, 1.82) is 0 Å². The van der Waals surface area contributed by atoms with Gasteiger partial charge in [-0.05, 0) is 13.8 Å². The summed E-state index contributed by atoms with van der Waals surface area (Å²) >= 11 is 0. The van der Waals surface area contributed by atoms with Crippen LogP contribution in [0, 0.1) is 0 Å². The number of ether oxygens (including phenoxy) is 3. The van der Waals surface area contributed by atoms with Crippen LogP contribution in [0.4, 0.5) is 0 Å². The number of methoxy groups -OCH3 is 2. The van der Waals surface area contributed by atoms with Gasteiger partial charge in [0.05, 0.1) is 25.4 Å². The predicted octanol–water partition coefficient (Wildman–Crippen LogP) is 1.07. The third-order valence-corrected chi connectivity index (χ3v) is 1.70. The highest BCUT2D eigenvalue weighted by molar-refractivity contribution is 4.58. The SMILES string of the molecule is COCCOC(C)C(C)OC. The highest BCUT2D eigenvalue weighted by atomic mass is 16.5. The number of hydrogen-bond donors (Lipinski definition) is 0. The maximum absolute atomic E-state index is 5.39. The summed E-state index contributed by atoms with van der Waals surface area (Å²) in [6.45, 7) is 5.24. The molecule has 0 aromatic heterocycles. The Balaban J connectivity index is 3.28. The monoisotopic (exact) mass is 162 g/mol. The lowest BCUT2D eigenvalue weighted by atomic mass is 10.2. The van der Waals surface area contributed by atoms with Gasteiger partial charge in [0, 0.05) is 14.2 Å². The van der Waals surface area contributed by atoms with Gasteiger partial charge in [0.15, 0.2) is 0 Å². The molecule has 2 unspecified atom stereocenters. The van der Waals surface area contributed by atoms with E-state index < -0.39 is 0 Å². The lowest BCUT2D eigenvalue weighted by Crippen LogP contribution is -2.26. The third kappa shape index (κ3) is 5.18. The fourth-order valence-corrected chi connectivity index (χ4v) is 0.644. The molecule has 0 radical (unpaired) electrons. The lowest BCUT2D eigenvalue weighted by Gasteiger charge is -2.18. The molecule has 0 aliphatic heterocycles. The van der Waals surface area contributed by atoms with E-state index >= 15 is 0 Å². The van der Waals surface area contributed by atoms with Gasteiger partial charge in [-0.25, -0.2) is 0 Å². The van der Waals surface area contributed by atoms with Crippen molar-refractivity contribution in [3.63, 3.8) is 0 Å². The Kier molecular flexibility index (Phi) is 6.51. The molecule has 0 N–H and O–H groups in total. The van der Waals surface area contributed by atoms with Crippen molar-refractivity contribution in [1.82, 2.24) is 0 Å². The Morgan fingerprint density at radius 2 is 1.64 bits per heavy atom. The fourth-order valence-electron chi connectivity index (χ4n) is 0.644. The second-order valence-corrected chi connectivity index (χ2v) is 2.51. The highest BCUT2D eigenvalue weighted by Gasteiger charge is 2.10. The Labute approximate surface area is 68.6 Å². The number of rotatable bonds is 6. The predicted molar refractivity (Wildman–Crippen MR) is 43.8 cm³/mol. The van der Waals surface area contributed by atoms with Gasteiger partial charge in [0.1, 0.15) is 0 Å². The zero-order valence-corrected chi connectivity index (χ0v) is 7.79. The van der Waals surface area contributed by atoms with Crippen LogP contribution in [0.2, 0.25) is 0 Å². The van der Waals surface area contributed by atoms with Gasteiger partial charge in [0.2, 0.25) is 0 Å². The molecule has 0 saturated heterocycles. The molecule has 11 heavy (non-hydrogen) atoms. The molecule has 0 saturated carbocycles. The lowest BCUT2D eigenvalue weighted by molar-refractivity contribution is -0.0509. The van der Waals surface area contributed by atoms with Gasteiger partial charge in [-0.3, -0.25) is 0 Å². The average Bonchev–Trinajstić information content (AvgIpc) is 2.03. The molecule has 0 aromatic carbocycles. The second kappa shape index (κ2) is 6.58. The van der Waals surface area contributed by atoms with Crippen LogP contribution in [0.3, 0.4) is 0 Å². The van der Waals surface area contributed by atoms with Crippen molar-refractivity contribution in [3.8, 4) is 0 Å². The minimum atomic E-state index is 0.134. The van der Waals surface area contributed by atoms with Crippen molar-refractivity contribution in [2.75, 3.05) is 27.4 Å². The molecule has 0 aliphatic rings. The molecular formula is C8H18O3. The molecule has 0 aliphatic carbocycles. The number of hydrogen-bond acceptors (Lipinski definition) is 3. The Hall–Kier alpha value is -0.120. The average molecular weight is 162 g/mol. The Morgan fingerprint density at radius 3 is 2.09 bits per heavy atom. The Morgan fingerprint density at radius 1 is 1.00 bits per heavy atom. The van der Waals surface area contributed by atoms with E-state index in [9.17, 15) is 0 Å². The maximum atomic E-state index is 5.39. The van der Waals surface area contributed by atoms with E-state index in [1.807, 2.05) is 13.8 Å². The van der Waals surface area contributed by atoms with Gasteiger partial charge in [-0.15, -0.1) is 0 Å². The van der Waals surface area contributed by atoms with E-state index in [1.54, 1.807) is 14.2 Å². The maximum Gasteiger partial charge on any atom is 0.0806 e. The normalized spacial score (nSPS) is 16.4. The van der Waals surface area contributed by atoms with Gasteiger partial charge in [0.25, 0.3) is 0 Å². The molecule has 68 valence electrons. The zero-order valence-electron chi connectivity index (χ0n) is 7.79. The topological polar surface area (TPSA) is 27.7 Å². The van der Waals surface area contributed by atoms with E-state index in [0.717, 1.165) is 0 Å². The summed E-state index contributed by atoms with van der Waals surface area (Å²) in [4.78, 5) is 0. The van der Waals surface area contributed by atoms with Crippen LogP contribution in [0.15, 0.2) is 0 Å². The van der Waals surface area contributed by atoms with E-state index in [-0.39, 0.29) is 12.2 Å². The summed E-state index contributed by atoms with van der Waals surface area (Å²) in [5.74, 6) is 0. The van der Waals surface area contributed by atoms with Crippen molar-refractivity contribution < 1.29 is 14.2 Å². The van der Waals surface area contributed by atoms with E-state index in [0.29, 0.717) is 13.2 Å². The molecule has 0 rings (SSSR count). The standard InChI is InChI=1S/C8H18O3/c1-7(10-4)8(2)11-6-5-9-3/h7-8H,5-6H2,1-4H3. The molecular weight excluding hydrogens is 144 g/mol. The first-order valence-corrected chi connectivity index (χ1v) is 3.85. The molecule has 2 atom stereocenters. The summed E-state index contributed by atoms with van der Waals surface area (Å²) in [5.41, 5.74) is 0. The molecule has 0 fully saturated rings. The second-order valence-electron chi connectivity index (χ2n) is 2.51. The summed E-state index contributed by atoms with van der Waals surface area (Å²) < 4.78 is 15.3. The van der Waals surface area contributed by atoms with Crippen LogP contribution >= 0.6 is 0 Å². The molecule has 0 spiro atoms. The first-order valence-electron chi connectivity index (χ1n) is 3.85. The van der Waals surface area contributed by atoms with Crippen LogP contribution < -0.4 is 0 Å². The van der Waals surface area contributed by atoms with E-state index in [1.165, 1.54) is 0 Å². The minimum Gasteiger partial charge on any atom is -0.382 e. The summed E-state index contributed by atoms with van der Waals surface area (Å²) in [6.07, 6.45) is 0.280. The van der Waals surface area contributed by atoms with Gasteiger partial charge in [-0.2, -0.15) is 0 Å². The first-order chi connectivity index (χ1) is 5.22. The van der Waals surface area contributed by atoms with Gasteiger partial charge in [-0.1, -0.05) is 0 Å².